The van der Waals surface area contributed by atoms with E-state index in [0.29, 0.717) is 6.04 Å². The summed E-state index contributed by atoms with van der Waals surface area (Å²) in [6.45, 7) is 7.35. The third-order valence-corrected chi connectivity index (χ3v) is 5.45. The average molecular weight is 323 g/mol. The SMILES string of the molecule is CC1CCCN1C(=O)c1cc2c(c3ccccc3n2C)n1C(C)C. The van der Waals surface area contributed by atoms with E-state index < -0.39 is 0 Å². The Bertz CT molecular complexity index is 931. The Morgan fingerprint density at radius 1 is 1.21 bits per heavy atom. The summed E-state index contributed by atoms with van der Waals surface area (Å²) in [7, 11) is 2.09. The van der Waals surface area contributed by atoms with Crippen LogP contribution in [0.1, 0.15) is 50.1 Å². The lowest BCUT2D eigenvalue weighted by molar-refractivity contribution is 0.0735. The minimum absolute atomic E-state index is 0.175. The van der Waals surface area contributed by atoms with Crippen molar-refractivity contribution in [2.75, 3.05) is 6.54 Å². The minimum atomic E-state index is 0.175. The molecule has 1 aliphatic rings. The second kappa shape index (κ2) is 5.40. The van der Waals surface area contributed by atoms with E-state index >= 15 is 0 Å². The number of aromatic nitrogens is 2. The highest BCUT2D eigenvalue weighted by Crippen LogP contribution is 2.34. The van der Waals surface area contributed by atoms with E-state index in [9.17, 15) is 4.79 Å². The third-order valence-electron chi connectivity index (χ3n) is 5.45. The lowest BCUT2D eigenvalue weighted by Crippen LogP contribution is -2.35. The Labute approximate surface area is 142 Å². The van der Waals surface area contributed by atoms with Gasteiger partial charge in [-0.2, -0.15) is 0 Å². The Kier molecular flexibility index (Phi) is 3.44. The molecule has 1 saturated heterocycles. The van der Waals surface area contributed by atoms with Crippen molar-refractivity contribution in [1.29, 1.82) is 0 Å². The molecule has 4 nitrogen and oxygen atoms in total. The van der Waals surface area contributed by atoms with Gasteiger partial charge >= 0.3 is 0 Å². The van der Waals surface area contributed by atoms with Crippen LogP contribution in [0.5, 0.6) is 0 Å². The standard InChI is InChI=1S/C20H25N3O/c1-13(2)23-18(20(24)22-11-7-8-14(22)3)12-17-19(23)15-9-5-6-10-16(15)21(17)4/h5-6,9-10,12-14H,7-8,11H2,1-4H3. The molecule has 0 aliphatic carbocycles. The van der Waals surface area contributed by atoms with Gasteiger partial charge < -0.3 is 14.0 Å². The number of carbonyl (C=O) groups is 1. The first-order valence-corrected chi connectivity index (χ1v) is 8.90. The van der Waals surface area contributed by atoms with Crippen molar-refractivity contribution in [3.63, 3.8) is 0 Å². The zero-order valence-electron chi connectivity index (χ0n) is 14.9. The molecule has 0 radical (unpaired) electrons. The molecule has 0 spiro atoms. The minimum Gasteiger partial charge on any atom is -0.342 e. The van der Waals surface area contributed by atoms with Crippen LogP contribution in [0.2, 0.25) is 0 Å². The van der Waals surface area contributed by atoms with Gasteiger partial charge in [-0.1, -0.05) is 18.2 Å². The van der Waals surface area contributed by atoms with Crippen LogP contribution in [-0.2, 0) is 7.05 Å². The van der Waals surface area contributed by atoms with Crippen molar-refractivity contribution in [2.24, 2.45) is 7.05 Å². The number of likely N-dealkylation sites (tertiary alicyclic amines) is 1. The van der Waals surface area contributed by atoms with Gasteiger partial charge in [0.1, 0.15) is 5.69 Å². The number of amides is 1. The molecule has 1 amide bonds. The number of rotatable bonds is 2. The highest BCUT2D eigenvalue weighted by atomic mass is 16.2. The second-order valence-electron chi connectivity index (χ2n) is 7.29. The molecule has 126 valence electrons. The molecule has 2 aromatic heterocycles. The lowest BCUT2D eigenvalue weighted by Gasteiger charge is -2.23. The van der Waals surface area contributed by atoms with Crippen LogP contribution in [0.4, 0.5) is 0 Å². The summed E-state index contributed by atoms with van der Waals surface area (Å²) in [5, 5.41) is 1.22. The Balaban J connectivity index is 1.98. The fourth-order valence-electron chi connectivity index (χ4n) is 4.21. The molecule has 0 saturated carbocycles. The summed E-state index contributed by atoms with van der Waals surface area (Å²) in [5.74, 6) is 0.175. The number of hydrogen-bond acceptors (Lipinski definition) is 1. The molecule has 1 aliphatic heterocycles. The first-order valence-electron chi connectivity index (χ1n) is 8.90. The van der Waals surface area contributed by atoms with E-state index in [4.69, 9.17) is 0 Å². The van der Waals surface area contributed by atoms with Crippen LogP contribution in [0.15, 0.2) is 30.3 Å². The van der Waals surface area contributed by atoms with Crippen LogP contribution in [0.25, 0.3) is 21.9 Å². The van der Waals surface area contributed by atoms with Crippen LogP contribution < -0.4 is 0 Å². The fourth-order valence-corrected chi connectivity index (χ4v) is 4.21. The van der Waals surface area contributed by atoms with Gasteiger partial charge in [0.05, 0.1) is 16.6 Å². The van der Waals surface area contributed by atoms with E-state index in [1.807, 2.05) is 4.90 Å². The van der Waals surface area contributed by atoms with E-state index in [1.54, 1.807) is 0 Å². The summed E-state index contributed by atoms with van der Waals surface area (Å²) >= 11 is 0. The third kappa shape index (κ3) is 2.02. The molecule has 1 unspecified atom stereocenters. The number of fused-ring (bicyclic) bond motifs is 3. The summed E-state index contributed by atoms with van der Waals surface area (Å²) in [5.41, 5.74) is 4.36. The lowest BCUT2D eigenvalue weighted by atomic mass is 10.2. The van der Waals surface area contributed by atoms with Crippen LogP contribution in [0.3, 0.4) is 0 Å². The molecule has 3 heterocycles. The van der Waals surface area contributed by atoms with Gasteiger partial charge in [0.2, 0.25) is 0 Å². The second-order valence-corrected chi connectivity index (χ2v) is 7.29. The first kappa shape index (κ1) is 15.3. The van der Waals surface area contributed by atoms with Crippen molar-refractivity contribution >= 4 is 27.8 Å². The molecule has 1 atom stereocenters. The number of para-hydroxylation sites is 1. The van der Waals surface area contributed by atoms with Gasteiger partial charge in [-0.3, -0.25) is 4.79 Å². The summed E-state index contributed by atoms with van der Waals surface area (Å²) in [6.07, 6.45) is 2.22. The largest absolute Gasteiger partial charge is 0.342 e. The van der Waals surface area contributed by atoms with Gasteiger partial charge in [0.15, 0.2) is 0 Å². The Morgan fingerprint density at radius 2 is 1.96 bits per heavy atom. The van der Waals surface area contributed by atoms with E-state index in [2.05, 4.69) is 67.3 Å². The fraction of sp³-hybridized carbons (Fsp3) is 0.450. The molecule has 3 aromatic rings. The zero-order chi connectivity index (χ0) is 17.0. The van der Waals surface area contributed by atoms with Gasteiger partial charge in [-0.25, -0.2) is 0 Å². The van der Waals surface area contributed by atoms with Crippen molar-refractivity contribution in [3.8, 4) is 0 Å². The highest BCUT2D eigenvalue weighted by Gasteiger charge is 2.30. The zero-order valence-corrected chi connectivity index (χ0v) is 14.9. The molecule has 1 aromatic carbocycles. The predicted octanol–water partition coefficient (Wildman–Crippen LogP) is 4.34. The first-order chi connectivity index (χ1) is 11.5. The van der Waals surface area contributed by atoms with Gasteiger partial charge in [-0.05, 0) is 45.7 Å². The Hall–Kier alpha value is -2.23. The molecule has 1 fully saturated rings. The highest BCUT2D eigenvalue weighted by molar-refractivity contribution is 6.10. The van der Waals surface area contributed by atoms with Crippen LogP contribution in [0, 0.1) is 0 Å². The van der Waals surface area contributed by atoms with Crippen LogP contribution in [-0.4, -0.2) is 32.5 Å². The average Bonchev–Trinajstić information content (AvgIpc) is 3.22. The van der Waals surface area contributed by atoms with E-state index in [-0.39, 0.29) is 11.9 Å². The number of hydrogen-bond donors (Lipinski definition) is 0. The van der Waals surface area contributed by atoms with Crippen molar-refractivity contribution in [2.45, 2.75) is 45.7 Å². The maximum absolute atomic E-state index is 13.2. The number of carbonyl (C=O) groups excluding carboxylic acids is 1. The molecule has 0 N–H and O–H groups in total. The molecule has 4 rings (SSSR count). The van der Waals surface area contributed by atoms with Crippen molar-refractivity contribution in [3.05, 3.63) is 36.0 Å². The van der Waals surface area contributed by atoms with Gasteiger partial charge in [0, 0.05) is 31.1 Å². The molecular formula is C20H25N3O. The Morgan fingerprint density at radius 3 is 2.62 bits per heavy atom. The molecule has 0 bridgehead atoms. The summed E-state index contributed by atoms with van der Waals surface area (Å²) in [6, 6.07) is 11.1. The van der Waals surface area contributed by atoms with E-state index in [1.165, 1.54) is 16.4 Å². The topological polar surface area (TPSA) is 30.2 Å². The molecule has 4 heteroatoms. The number of benzene rings is 1. The normalized spacial score (nSPS) is 18.4. The van der Waals surface area contributed by atoms with Gasteiger partial charge in [0.25, 0.3) is 5.91 Å². The summed E-state index contributed by atoms with van der Waals surface area (Å²) < 4.78 is 4.43. The molecular weight excluding hydrogens is 298 g/mol. The van der Waals surface area contributed by atoms with Gasteiger partial charge in [-0.15, -0.1) is 0 Å². The quantitative estimate of drug-likeness (QED) is 0.690. The number of nitrogens with zero attached hydrogens (tertiary/aromatic N) is 3. The maximum atomic E-state index is 13.2. The van der Waals surface area contributed by atoms with Crippen LogP contribution >= 0.6 is 0 Å². The predicted molar refractivity (Wildman–Crippen MR) is 98.5 cm³/mol. The van der Waals surface area contributed by atoms with Crippen molar-refractivity contribution in [1.82, 2.24) is 14.0 Å². The molecule has 24 heavy (non-hydrogen) atoms. The van der Waals surface area contributed by atoms with Crippen molar-refractivity contribution < 1.29 is 4.79 Å². The summed E-state index contributed by atoms with van der Waals surface area (Å²) in [4.78, 5) is 15.2. The number of aryl methyl sites for hydroxylation is 1. The maximum Gasteiger partial charge on any atom is 0.270 e. The smallest absolute Gasteiger partial charge is 0.270 e. The van der Waals surface area contributed by atoms with E-state index in [0.717, 1.165) is 30.6 Å². The monoisotopic (exact) mass is 323 g/mol.